The predicted octanol–water partition coefficient (Wildman–Crippen LogP) is 2.37. The Hall–Kier alpha value is -1.14. The molecule has 5 nitrogen and oxygen atoms in total. The lowest BCUT2D eigenvalue weighted by Gasteiger charge is -2.35. The highest BCUT2D eigenvalue weighted by Crippen LogP contribution is 2.35. The first-order valence-electron chi connectivity index (χ1n) is 6.99. The van der Waals surface area contributed by atoms with Gasteiger partial charge in [0, 0.05) is 19.3 Å². The van der Waals surface area contributed by atoms with Gasteiger partial charge in [-0.1, -0.05) is 20.3 Å². The lowest BCUT2D eigenvalue weighted by atomic mass is 9.75. The molecule has 0 spiro atoms. The van der Waals surface area contributed by atoms with Crippen LogP contribution in [-0.4, -0.2) is 26.5 Å². The van der Waals surface area contributed by atoms with Crippen molar-refractivity contribution in [2.75, 3.05) is 12.4 Å². The van der Waals surface area contributed by atoms with Crippen LogP contribution in [0.1, 0.15) is 39.5 Å². The normalized spacial score (nSPS) is 22.4. The molecular formula is C14H23N3O2S. The first-order valence-corrected chi connectivity index (χ1v) is 8.47. The summed E-state index contributed by atoms with van der Waals surface area (Å²) in [5.74, 6) is 0.655. The Morgan fingerprint density at radius 3 is 2.65 bits per heavy atom. The molecule has 6 heteroatoms. The van der Waals surface area contributed by atoms with E-state index in [0.29, 0.717) is 5.82 Å². The number of rotatable bonds is 4. The van der Waals surface area contributed by atoms with Gasteiger partial charge in [-0.3, -0.25) is 0 Å². The maximum Gasteiger partial charge on any atom is 0.242 e. The molecule has 2 rings (SSSR count). The number of nitrogens with one attached hydrogen (secondary N) is 2. The summed E-state index contributed by atoms with van der Waals surface area (Å²) in [7, 11) is -1.73. The summed E-state index contributed by atoms with van der Waals surface area (Å²) in [6, 6.07) is 3.27. The van der Waals surface area contributed by atoms with Crippen LogP contribution in [0.5, 0.6) is 0 Å². The molecule has 1 fully saturated rings. The van der Waals surface area contributed by atoms with Gasteiger partial charge in [-0.25, -0.2) is 18.1 Å². The van der Waals surface area contributed by atoms with Gasteiger partial charge in [-0.15, -0.1) is 0 Å². The van der Waals surface area contributed by atoms with Crippen LogP contribution in [0.3, 0.4) is 0 Å². The van der Waals surface area contributed by atoms with Gasteiger partial charge in [-0.05, 0) is 36.8 Å². The first kappa shape index (κ1) is 15.3. The minimum absolute atomic E-state index is 0.0210. The molecule has 1 heterocycles. The van der Waals surface area contributed by atoms with E-state index in [1.807, 2.05) is 0 Å². The van der Waals surface area contributed by atoms with Gasteiger partial charge in [0.1, 0.15) is 10.7 Å². The Balaban J connectivity index is 2.10. The van der Waals surface area contributed by atoms with E-state index in [9.17, 15) is 8.42 Å². The molecule has 1 aromatic rings. The Morgan fingerprint density at radius 1 is 1.35 bits per heavy atom. The lowest BCUT2D eigenvalue weighted by molar-refractivity contribution is 0.212. The van der Waals surface area contributed by atoms with Crippen LogP contribution >= 0.6 is 0 Å². The van der Waals surface area contributed by atoms with E-state index >= 15 is 0 Å². The number of hydrogen-bond donors (Lipinski definition) is 2. The van der Waals surface area contributed by atoms with Crippen molar-refractivity contribution in [1.29, 1.82) is 0 Å². The van der Waals surface area contributed by atoms with Crippen molar-refractivity contribution in [3.05, 3.63) is 18.3 Å². The van der Waals surface area contributed by atoms with Crippen LogP contribution in [0, 0.1) is 5.41 Å². The van der Waals surface area contributed by atoms with Crippen molar-refractivity contribution < 1.29 is 8.42 Å². The molecule has 2 N–H and O–H groups in total. The Labute approximate surface area is 121 Å². The average molecular weight is 297 g/mol. The average Bonchev–Trinajstić information content (AvgIpc) is 2.37. The van der Waals surface area contributed by atoms with E-state index in [2.05, 4.69) is 28.9 Å². The molecule has 112 valence electrons. The SMILES string of the molecule is CNc1ccc(S(=O)(=O)NC2CCCC(C)(C)C2)cn1. The molecular weight excluding hydrogens is 274 g/mol. The number of aromatic nitrogens is 1. The van der Waals surface area contributed by atoms with Gasteiger partial charge in [0.05, 0.1) is 0 Å². The fourth-order valence-corrected chi connectivity index (χ4v) is 3.99. The fourth-order valence-electron chi connectivity index (χ4n) is 2.77. The smallest absolute Gasteiger partial charge is 0.242 e. The first-order chi connectivity index (χ1) is 9.32. The van der Waals surface area contributed by atoms with E-state index in [1.54, 1.807) is 19.2 Å². The van der Waals surface area contributed by atoms with E-state index in [4.69, 9.17) is 0 Å². The van der Waals surface area contributed by atoms with Crippen LogP contribution in [0.25, 0.3) is 0 Å². The standard InChI is InChI=1S/C14H23N3O2S/c1-14(2)8-4-5-11(9-14)17-20(18,19)12-6-7-13(15-3)16-10-12/h6-7,10-11,17H,4-5,8-9H2,1-3H3,(H,15,16). The van der Waals surface area contributed by atoms with Crippen molar-refractivity contribution in [3.8, 4) is 0 Å². The van der Waals surface area contributed by atoms with Crippen molar-refractivity contribution >= 4 is 15.8 Å². The minimum atomic E-state index is -3.48. The third kappa shape index (κ3) is 3.70. The van der Waals surface area contributed by atoms with Gasteiger partial charge in [0.2, 0.25) is 10.0 Å². The molecule has 1 aliphatic rings. The van der Waals surface area contributed by atoms with Crippen molar-refractivity contribution in [3.63, 3.8) is 0 Å². The van der Waals surface area contributed by atoms with E-state index in [-0.39, 0.29) is 16.4 Å². The van der Waals surface area contributed by atoms with Crippen molar-refractivity contribution in [2.45, 2.75) is 50.5 Å². The molecule has 0 radical (unpaired) electrons. The zero-order chi connectivity index (χ0) is 14.8. The second-order valence-corrected chi connectivity index (χ2v) is 7.92. The molecule has 0 aliphatic heterocycles. The monoisotopic (exact) mass is 297 g/mol. The molecule has 1 unspecified atom stereocenters. The van der Waals surface area contributed by atoms with Crippen LogP contribution in [0.2, 0.25) is 0 Å². The number of nitrogens with zero attached hydrogens (tertiary/aromatic N) is 1. The summed E-state index contributed by atoms with van der Waals surface area (Å²) < 4.78 is 27.5. The number of anilines is 1. The van der Waals surface area contributed by atoms with Gasteiger partial charge in [-0.2, -0.15) is 0 Å². The van der Waals surface area contributed by atoms with Gasteiger partial charge < -0.3 is 5.32 Å². The summed E-state index contributed by atoms with van der Waals surface area (Å²) in [6.07, 6.45) is 5.40. The van der Waals surface area contributed by atoms with E-state index in [1.165, 1.54) is 6.20 Å². The zero-order valence-corrected chi connectivity index (χ0v) is 13.1. The summed E-state index contributed by atoms with van der Waals surface area (Å²) in [4.78, 5) is 4.28. The van der Waals surface area contributed by atoms with Crippen molar-refractivity contribution in [2.24, 2.45) is 5.41 Å². The van der Waals surface area contributed by atoms with E-state index in [0.717, 1.165) is 25.7 Å². The summed E-state index contributed by atoms with van der Waals surface area (Å²) >= 11 is 0. The van der Waals surface area contributed by atoms with Crippen LogP contribution in [0.15, 0.2) is 23.2 Å². The summed E-state index contributed by atoms with van der Waals surface area (Å²) in [5.41, 5.74) is 0.208. The highest BCUT2D eigenvalue weighted by Gasteiger charge is 2.30. The van der Waals surface area contributed by atoms with Gasteiger partial charge in [0.25, 0.3) is 0 Å². The largest absolute Gasteiger partial charge is 0.373 e. The van der Waals surface area contributed by atoms with Gasteiger partial charge >= 0.3 is 0 Å². The van der Waals surface area contributed by atoms with Crippen LogP contribution in [0.4, 0.5) is 5.82 Å². The maximum absolute atomic E-state index is 12.3. The number of pyridine rings is 1. The maximum atomic E-state index is 12.3. The summed E-state index contributed by atoms with van der Waals surface area (Å²) in [5, 5.41) is 2.87. The molecule has 20 heavy (non-hydrogen) atoms. The van der Waals surface area contributed by atoms with E-state index < -0.39 is 10.0 Å². The topological polar surface area (TPSA) is 71.1 Å². The number of hydrogen-bond acceptors (Lipinski definition) is 4. The Bertz CT molecular complexity index is 552. The lowest BCUT2D eigenvalue weighted by Crippen LogP contribution is -2.40. The molecule has 1 aromatic heterocycles. The minimum Gasteiger partial charge on any atom is -0.373 e. The molecule has 1 saturated carbocycles. The third-order valence-electron chi connectivity index (χ3n) is 3.83. The molecule has 1 aliphatic carbocycles. The summed E-state index contributed by atoms with van der Waals surface area (Å²) in [6.45, 7) is 4.38. The highest BCUT2D eigenvalue weighted by molar-refractivity contribution is 7.89. The zero-order valence-electron chi connectivity index (χ0n) is 12.3. The van der Waals surface area contributed by atoms with Crippen molar-refractivity contribution in [1.82, 2.24) is 9.71 Å². The second-order valence-electron chi connectivity index (χ2n) is 6.21. The molecule has 0 amide bonds. The molecule has 0 aromatic carbocycles. The Morgan fingerprint density at radius 2 is 2.10 bits per heavy atom. The highest BCUT2D eigenvalue weighted by atomic mass is 32.2. The Kier molecular flexibility index (Phi) is 4.34. The van der Waals surface area contributed by atoms with Crippen LogP contribution < -0.4 is 10.0 Å². The molecule has 1 atom stereocenters. The second kappa shape index (κ2) is 5.69. The molecule has 0 bridgehead atoms. The fraction of sp³-hybridized carbons (Fsp3) is 0.643. The number of sulfonamides is 1. The van der Waals surface area contributed by atoms with Gasteiger partial charge in [0.15, 0.2) is 0 Å². The molecule has 0 saturated heterocycles. The quantitative estimate of drug-likeness (QED) is 0.895. The predicted molar refractivity (Wildman–Crippen MR) is 80.1 cm³/mol. The van der Waals surface area contributed by atoms with Crippen LogP contribution in [-0.2, 0) is 10.0 Å². The third-order valence-corrected chi connectivity index (χ3v) is 5.34.